The van der Waals surface area contributed by atoms with Crippen LogP contribution in [0.3, 0.4) is 0 Å². The second-order valence-electron chi connectivity index (χ2n) is 4.73. The van der Waals surface area contributed by atoms with Gasteiger partial charge in [-0.3, -0.25) is 4.79 Å². The SMILES string of the molecule is Cc1ccc(C(=O)OCC(=O)Nc2cc(C(F)(F)F)ccc2Cl)s1. The van der Waals surface area contributed by atoms with Gasteiger partial charge in [0.25, 0.3) is 5.91 Å². The topological polar surface area (TPSA) is 55.4 Å². The Morgan fingerprint density at radius 2 is 1.96 bits per heavy atom. The second kappa shape index (κ2) is 7.23. The Balaban J connectivity index is 1.98. The van der Waals surface area contributed by atoms with Crippen molar-refractivity contribution in [2.45, 2.75) is 13.1 Å². The molecule has 2 aromatic rings. The highest BCUT2D eigenvalue weighted by molar-refractivity contribution is 7.13. The van der Waals surface area contributed by atoms with E-state index in [0.717, 1.165) is 17.0 Å². The maximum absolute atomic E-state index is 12.7. The van der Waals surface area contributed by atoms with Gasteiger partial charge in [-0.15, -0.1) is 11.3 Å². The number of carbonyl (C=O) groups is 2. The van der Waals surface area contributed by atoms with Crippen LogP contribution in [0, 0.1) is 6.92 Å². The molecule has 1 aromatic carbocycles. The average Bonchev–Trinajstić information content (AvgIpc) is 2.92. The van der Waals surface area contributed by atoms with Gasteiger partial charge >= 0.3 is 12.1 Å². The van der Waals surface area contributed by atoms with E-state index in [-0.39, 0.29) is 10.7 Å². The third kappa shape index (κ3) is 4.72. The highest BCUT2D eigenvalue weighted by atomic mass is 35.5. The highest BCUT2D eigenvalue weighted by Crippen LogP contribution is 2.33. The molecule has 0 radical (unpaired) electrons. The van der Waals surface area contributed by atoms with Gasteiger partial charge in [0.15, 0.2) is 6.61 Å². The molecule has 2 rings (SSSR count). The summed E-state index contributed by atoms with van der Waals surface area (Å²) >= 11 is 6.97. The molecule has 0 fully saturated rings. The molecule has 0 aliphatic carbocycles. The third-order valence-corrected chi connectivity index (χ3v) is 4.15. The van der Waals surface area contributed by atoms with E-state index in [0.29, 0.717) is 10.9 Å². The molecular weight excluding hydrogens is 367 g/mol. The summed E-state index contributed by atoms with van der Waals surface area (Å²) in [5.74, 6) is -1.48. The monoisotopic (exact) mass is 377 g/mol. The first-order valence-corrected chi connectivity index (χ1v) is 7.76. The fourth-order valence-electron chi connectivity index (χ4n) is 1.73. The van der Waals surface area contributed by atoms with Crippen molar-refractivity contribution in [2.75, 3.05) is 11.9 Å². The summed E-state index contributed by atoms with van der Waals surface area (Å²) in [5.41, 5.74) is -1.16. The summed E-state index contributed by atoms with van der Waals surface area (Å²) in [6.45, 7) is 1.17. The Kier molecular flexibility index (Phi) is 5.51. The van der Waals surface area contributed by atoms with E-state index >= 15 is 0 Å². The number of ether oxygens (including phenoxy) is 1. The zero-order valence-electron chi connectivity index (χ0n) is 12.2. The standard InChI is InChI=1S/C15H11ClF3NO3S/c1-8-2-5-12(24-8)14(22)23-7-13(21)20-11-6-9(15(17,18)19)3-4-10(11)16/h2-6H,7H2,1H3,(H,20,21). The maximum Gasteiger partial charge on any atom is 0.416 e. The molecule has 0 unspecified atom stereocenters. The van der Waals surface area contributed by atoms with Crippen LogP contribution in [0.4, 0.5) is 18.9 Å². The van der Waals surface area contributed by atoms with E-state index < -0.39 is 30.2 Å². The van der Waals surface area contributed by atoms with Crippen LogP contribution in [-0.2, 0) is 15.7 Å². The first kappa shape index (κ1) is 18.3. The quantitative estimate of drug-likeness (QED) is 0.797. The lowest BCUT2D eigenvalue weighted by Crippen LogP contribution is -2.21. The molecule has 24 heavy (non-hydrogen) atoms. The summed E-state index contributed by atoms with van der Waals surface area (Å²) in [6.07, 6.45) is -4.56. The smallest absolute Gasteiger partial charge is 0.416 e. The third-order valence-electron chi connectivity index (χ3n) is 2.84. The number of esters is 1. The molecule has 0 aliphatic heterocycles. The Bertz CT molecular complexity index is 774. The first-order valence-electron chi connectivity index (χ1n) is 6.57. The Labute approximate surface area is 144 Å². The number of hydrogen-bond donors (Lipinski definition) is 1. The van der Waals surface area contributed by atoms with Crippen LogP contribution in [0.5, 0.6) is 0 Å². The van der Waals surface area contributed by atoms with Crippen molar-refractivity contribution in [3.63, 3.8) is 0 Å². The molecule has 0 bridgehead atoms. The molecule has 1 aromatic heterocycles. The number of carbonyl (C=O) groups excluding carboxylic acids is 2. The molecule has 0 saturated carbocycles. The lowest BCUT2D eigenvalue weighted by Gasteiger charge is -2.11. The van der Waals surface area contributed by atoms with E-state index in [9.17, 15) is 22.8 Å². The minimum atomic E-state index is -4.56. The molecule has 0 atom stereocenters. The van der Waals surface area contributed by atoms with Gasteiger partial charge in [0.05, 0.1) is 16.3 Å². The fraction of sp³-hybridized carbons (Fsp3) is 0.200. The number of nitrogens with one attached hydrogen (secondary N) is 1. The number of alkyl halides is 3. The summed E-state index contributed by atoms with van der Waals surface area (Å²) in [7, 11) is 0. The van der Waals surface area contributed by atoms with Gasteiger partial charge in [0, 0.05) is 4.88 Å². The predicted molar refractivity (Wildman–Crippen MR) is 84.4 cm³/mol. The lowest BCUT2D eigenvalue weighted by atomic mass is 10.2. The molecule has 0 saturated heterocycles. The second-order valence-corrected chi connectivity index (χ2v) is 6.42. The molecule has 1 N–H and O–H groups in total. The van der Waals surface area contributed by atoms with Gasteiger partial charge < -0.3 is 10.1 Å². The highest BCUT2D eigenvalue weighted by Gasteiger charge is 2.31. The van der Waals surface area contributed by atoms with Crippen LogP contribution >= 0.6 is 22.9 Å². The van der Waals surface area contributed by atoms with E-state index in [1.165, 1.54) is 11.3 Å². The molecule has 1 heterocycles. The molecule has 1 amide bonds. The Morgan fingerprint density at radius 3 is 2.54 bits per heavy atom. The zero-order chi connectivity index (χ0) is 17.9. The molecular formula is C15H11ClF3NO3S. The molecule has 4 nitrogen and oxygen atoms in total. The number of benzene rings is 1. The van der Waals surface area contributed by atoms with Crippen molar-refractivity contribution in [1.29, 1.82) is 0 Å². The Morgan fingerprint density at radius 1 is 1.25 bits per heavy atom. The maximum atomic E-state index is 12.7. The van der Waals surface area contributed by atoms with Gasteiger partial charge in [-0.2, -0.15) is 13.2 Å². The van der Waals surface area contributed by atoms with Crippen molar-refractivity contribution in [3.8, 4) is 0 Å². The van der Waals surface area contributed by atoms with Crippen molar-refractivity contribution < 1.29 is 27.5 Å². The van der Waals surface area contributed by atoms with Gasteiger partial charge in [0.2, 0.25) is 0 Å². The number of aryl methyl sites for hydroxylation is 1. The van der Waals surface area contributed by atoms with Crippen molar-refractivity contribution in [3.05, 3.63) is 50.7 Å². The number of hydrogen-bond acceptors (Lipinski definition) is 4. The van der Waals surface area contributed by atoms with Crippen LogP contribution < -0.4 is 5.32 Å². The summed E-state index contributed by atoms with van der Waals surface area (Å²) in [5, 5.41) is 2.13. The van der Waals surface area contributed by atoms with Gasteiger partial charge in [-0.05, 0) is 37.3 Å². The minimum Gasteiger partial charge on any atom is -0.451 e. The number of amides is 1. The zero-order valence-corrected chi connectivity index (χ0v) is 13.8. The van der Waals surface area contributed by atoms with E-state index in [1.54, 1.807) is 12.1 Å². The predicted octanol–water partition coefficient (Wildman–Crippen LogP) is 4.52. The van der Waals surface area contributed by atoms with Crippen LogP contribution in [0.15, 0.2) is 30.3 Å². The van der Waals surface area contributed by atoms with Gasteiger partial charge in [0.1, 0.15) is 4.88 Å². The first-order chi connectivity index (χ1) is 11.2. The van der Waals surface area contributed by atoms with E-state index in [4.69, 9.17) is 16.3 Å². The van der Waals surface area contributed by atoms with Crippen LogP contribution in [0.1, 0.15) is 20.1 Å². The van der Waals surface area contributed by atoms with Crippen LogP contribution in [0.2, 0.25) is 5.02 Å². The van der Waals surface area contributed by atoms with Crippen molar-refractivity contribution >= 4 is 40.5 Å². The summed E-state index contributed by atoms with van der Waals surface area (Å²) < 4.78 is 42.8. The minimum absolute atomic E-state index is 0.0587. The molecule has 128 valence electrons. The van der Waals surface area contributed by atoms with Crippen molar-refractivity contribution in [2.24, 2.45) is 0 Å². The van der Waals surface area contributed by atoms with Crippen LogP contribution in [-0.4, -0.2) is 18.5 Å². The summed E-state index contributed by atoms with van der Waals surface area (Å²) in [4.78, 5) is 24.7. The molecule has 0 spiro atoms. The summed E-state index contributed by atoms with van der Waals surface area (Å²) in [6, 6.07) is 5.83. The van der Waals surface area contributed by atoms with Gasteiger partial charge in [-0.25, -0.2) is 4.79 Å². The fourth-order valence-corrected chi connectivity index (χ4v) is 2.66. The lowest BCUT2D eigenvalue weighted by molar-refractivity contribution is -0.137. The molecule has 9 heteroatoms. The normalized spacial score (nSPS) is 11.2. The molecule has 0 aliphatic rings. The number of rotatable bonds is 4. The van der Waals surface area contributed by atoms with Crippen LogP contribution in [0.25, 0.3) is 0 Å². The van der Waals surface area contributed by atoms with Crippen molar-refractivity contribution in [1.82, 2.24) is 0 Å². The Hall–Kier alpha value is -2.06. The van der Waals surface area contributed by atoms with Gasteiger partial charge in [-0.1, -0.05) is 11.6 Å². The van der Waals surface area contributed by atoms with E-state index in [1.807, 2.05) is 6.92 Å². The van der Waals surface area contributed by atoms with E-state index in [2.05, 4.69) is 5.32 Å². The number of halogens is 4. The number of anilines is 1. The largest absolute Gasteiger partial charge is 0.451 e. The average molecular weight is 378 g/mol. The number of thiophene rings is 1.